The summed E-state index contributed by atoms with van der Waals surface area (Å²) in [6.07, 6.45) is 7.65. The fourth-order valence-corrected chi connectivity index (χ4v) is 3.96. The van der Waals surface area contributed by atoms with Gasteiger partial charge in [-0.1, -0.05) is 37.5 Å². The Morgan fingerprint density at radius 1 is 1.26 bits per heavy atom. The summed E-state index contributed by atoms with van der Waals surface area (Å²) in [6.45, 7) is 2.78. The number of aromatic hydroxyl groups is 1. The van der Waals surface area contributed by atoms with Crippen molar-refractivity contribution in [1.82, 2.24) is 14.8 Å². The summed E-state index contributed by atoms with van der Waals surface area (Å²) in [5.41, 5.74) is 3.02. The van der Waals surface area contributed by atoms with Crippen molar-refractivity contribution >= 4 is 22.5 Å². The first-order valence-electron chi connectivity index (χ1n) is 9.54. The average Bonchev–Trinajstić information content (AvgIpc) is 3.02. The number of fused-ring (bicyclic) bond motifs is 1. The molecule has 0 unspecified atom stereocenters. The van der Waals surface area contributed by atoms with E-state index in [1.807, 2.05) is 29.8 Å². The highest BCUT2D eigenvalue weighted by molar-refractivity contribution is 6.11. The second-order valence-corrected chi connectivity index (χ2v) is 7.36. The van der Waals surface area contributed by atoms with Crippen molar-refractivity contribution in [2.75, 3.05) is 5.32 Å². The number of pyridine rings is 1. The maximum Gasteiger partial charge on any atom is 0.274 e. The molecule has 0 atom stereocenters. The van der Waals surface area contributed by atoms with Crippen LogP contribution in [0.15, 0.2) is 36.5 Å². The zero-order chi connectivity index (χ0) is 18.8. The van der Waals surface area contributed by atoms with Gasteiger partial charge in [0.2, 0.25) is 5.88 Å². The number of rotatable bonds is 4. The number of anilines is 1. The minimum Gasteiger partial charge on any atom is -0.493 e. The van der Waals surface area contributed by atoms with E-state index in [0.717, 1.165) is 23.0 Å². The molecule has 27 heavy (non-hydrogen) atoms. The van der Waals surface area contributed by atoms with E-state index < -0.39 is 0 Å². The number of nitrogens with one attached hydrogen (secondary N) is 1. The Morgan fingerprint density at radius 2 is 2.07 bits per heavy atom. The molecule has 140 valence electrons. The molecule has 3 aromatic rings. The molecule has 1 fully saturated rings. The molecular formula is C21H24N4O2. The van der Waals surface area contributed by atoms with Crippen molar-refractivity contribution in [3.8, 4) is 5.88 Å². The van der Waals surface area contributed by atoms with E-state index in [-0.39, 0.29) is 11.8 Å². The first-order chi connectivity index (χ1) is 13.1. The second kappa shape index (κ2) is 7.39. The largest absolute Gasteiger partial charge is 0.493 e. The van der Waals surface area contributed by atoms with Crippen LogP contribution in [0.25, 0.3) is 10.9 Å². The number of aromatic nitrogens is 3. The smallest absolute Gasteiger partial charge is 0.274 e. The SMILES string of the molecule is Cc1cccc2c(C(=O)Nc3ccnc(O)c3)n(CC3CCCCC3)nc12. The van der Waals surface area contributed by atoms with Crippen molar-refractivity contribution in [3.63, 3.8) is 0 Å². The molecule has 6 heteroatoms. The number of benzene rings is 1. The van der Waals surface area contributed by atoms with Crippen LogP contribution in [-0.4, -0.2) is 25.8 Å². The highest BCUT2D eigenvalue weighted by Crippen LogP contribution is 2.28. The first-order valence-corrected chi connectivity index (χ1v) is 9.54. The molecule has 0 bridgehead atoms. The van der Waals surface area contributed by atoms with Crippen LogP contribution in [0.2, 0.25) is 0 Å². The summed E-state index contributed by atoms with van der Waals surface area (Å²) >= 11 is 0. The molecular weight excluding hydrogens is 340 g/mol. The Bertz CT molecular complexity index is 973. The molecule has 2 aromatic heterocycles. The van der Waals surface area contributed by atoms with Crippen LogP contribution in [0, 0.1) is 12.8 Å². The van der Waals surface area contributed by atoms with E-state index in [0.29, 0.717) is 17.3 Å². The molecule has 0 saturated heterocycles. The highest BCUT2D eigenvalue weighted by Gasteiger charge is 2.23. The topological polar surface area (TPSA) is 80.0 Å². The highest BCUT2D eigenvalue weighted by atomic mass is 16.3. The molecule has 1 amide bonds. The van der Waals surface area contributed by atoms with Gasteiger partial charge in [-0.15, -0.1) is 0 Å². The van der Waals surface area contributed by atoms with E-state index >= 15 is 0 Å². The minimum absolute atomic E-state index is 0.121. The van der Waals surface area contributed by atoms with Gasteiger partial charge >= 0.3 is 0 Å². The first kappa shape index (κ1) is 17.5. The van der Waals surface area contributed by atoms with Gasteiger partial charge in [-0.25, -0.2) is 4.98 Å². The van der Waals surface area contributed by atoms with Gasteiger partial charge in [0.1, 0.15) is 5.69 Å². The number of carbonyl (C=O) groups excluding carboxylic acids is 1. The van der Waals surface area contributed by atoms with Gasteiger partial charge < -0.3 is 10.4 Å². The quantitative estimate of drug-likeness (QED) is 0.724. The van der Waals surface area contributed by atoms with Crippen LogP contribution in [0.5, 0.6) is 5.88 Å². The molecule has 2 heterocycles. The number of carbonyl (C=O) groups is 1. The lowest BCUT2D eigenvalue weighted by Crippen LogP contribution is -2.22. The van der Waals surface area contributed by atoms with Gasteiger partial charge in [0.15, 0.2) is 0 Å². The van der Waals surface area contributed by atoms with Crippen LogP contribution < -0.4 is 5.32 Å². The standard InChI is InChI=1S/C21H24N4O2/c1-14-6-5-9-17-19(14)24-25(13-15-7-3-2-4-8-15)20(17)21(27)23-16-10-11-22-18(26)12-16/h5-6,9-12,15H,2-4,7-8,13H2,1H3,(H2,22,23,26,27). The van der Waals surface area contributed by atoms with Crippen LogP contribution in [0.3, 0.4) is 0 Å². The maximum atomic E-state index is 13.1. The monoisotopic (exact) mass is 364 g/mol. The third kappa shape index (κ3) is 3.65. The van der Waals surface area contributed by atoms with Crippen LogP contribution in [0.1, 0.15) is 48.2 Å². The predicted octanol–water partition coefficient (Wildman–Crippen LogP) is 4.28. The van der Waals surface area contributed by atoms with Gasteiger partial charge in [-0.05, 0) is 37.3 Å². The Labute approximate surface area is 158 Å². The summed E-state index contributed by atoms with van der Waals surface area (Å²) in [6, 6.07) is 9.02. The fraction of sp³-hybridized carbons (Fsp3) is 0.381. The van der Waals surface area contributed by atoms with E-state index in [1.54, 1.807) is 6.07 Å². The summed E-state index contributed by atoms with van der Waals surface area (Å²) in [5, 5.41) is 18.1. The molecule has 1 aliphatic carbocycles. The van der Waals surface area contributed by atoms with E-state index in [9.17, 15) is 9.90 Å². The molecule has 4 rings (SSSR count). The molecule has 1 saturated carbocycles. The third-order valence-electron chi connectivity index (χ3n) is 5.35. The summed E-state index contributed by atoms with van der Waals surface area (Å²) in [7, 11) is 0. The van der Waals surface area contributed by atoms with Gasteiger partial charge in [-0.2, -0.15) is 5.10 Å². The van der Waals surface area contributed by atoms with Crippen molar-refractivity contribution in [3.05, 3.63) is 47.8 Å². The average molecular weight is 364 g/mol. The number of aryl methyl sites for hydroxylation is 1. The Hall–Kier alpha value is -2.89. The van der Waals surface area contributed by atoms with Crippen molar-refractivity contribution in [2.45, 2.75) is 45.6 Å². The van der Waals surface area contributed by atoms with Crippen molar-refractivity contribution < 1.29 is 9.90 Å². The Kier molecular flexibility index (Phi) is 4.79. The normalized spacial score (nSPS) is 15.1. The van der Waals surface area contributed by atoms with Gasteiger partial charge in [-0.3, -0.25) is 9.48 Å². The van der Waals surface area contributed by atoms with Crippen LogP contribution >= 0.6 is 0 Å². The number of hydrogen-bond acceptors (Lipinski definition) is 4. The van der Waals surface area contributed by atoms with E-state index in [1.165, 1.54) is 44.4 Å². The zero-order valence-electron chi connectivity index (χ0n) is 15.5. The number of nitrogens with zero attached hydrogens (tertiary/aromatic N) is 3. The van der Waals surface area contributed by atoms with Crippen LogP contribution in [0.4, 0.5) is 5.69 Å². The molecule has 0 radical (unpaired) electrons. The molecule has 6 nitrogen and oxygen atoms in total. The maximum absolute atomic E-state index is 13.1. The molecule has 0 aliphatic heterocycles. The van der Waals surface area contributed by atoms with Gasteiger partial charge in [0.25, 0.3) is 5.91 Å². The number of amides is 1. The third-order valence-corrected chi connectivity index (χ3v) is 5.35. The van der Waals surface area contributed by atoms with E-state index in [4.69, 9.17) is 5.10 Å². The zero-order valence-corrected chi connectivity index (χ0v) is 15.5. The molecule has 1 aliphatic rings. The Balaban J connectivity index is 1.71. The van der Waals surface area contributed by atoms with E-state index in [2.05, 4.69) is 10.3 Å². The minimum atomic E-state index is -0.218. The molecule has 2 N–H and O–H groups in total. The van der Waals surface area contributed by atoms with Gasteiger partial charge in [0, 0.05) is 29.9 Å². The summed E-state index contributed by atoms with van der Waals surface area (Å²) < 4.78 is 1.88. The van der Waals surface area contributed by atoms with Crippen molar-refractivity contribution in [2.24, 2.45) is 5.92 Å². The molecule has 1 aromatic carbocycles. The van der Waals surface area contributed by atoms with Crippen LogP contribution in [-0.2, 0) is 6.54 Å². The lowest BCUT2D eigenvalue weighted by atomic mass is 9.89. The fourth-order valence-electron chi connectivity index (χ4n) is 3.96. The summed E-state index contributed by atoms with van der Waals surface area (Å²) in [4.78, 5) is 16.9. The van der Waals surface area contributed by atoms with Gasteiger partial charge in [0.05, 0.1) is 5.52 Å². The number of hydrogen-bond donors (Lipinski definition) is 2. The second-order valence-electron chi connectivity index (χ2n) is 7.36. The Morgan fingerprint density at radius 3 is 2.85 bits per heavy atom. The molecule has 0 spiro atoms. The summed E-state index contributed by atoms with van der Waals surface area (Å²) in [5.74, 6) is 0.221. The predicted molar refractivity (Wildman–Crippen MR) is 105 cm³/mol. The van der Waals surface area contributed by atoms with Crippen molar-refractivity contribution in [1.29, 1.82) is 0 Å². The lowest BCUT2D eigenvalue weighted by molar-refractivity contribution is 0.101. The lowest BCUT2D eigenvalue weighted by Gasteiger charge is -2.22.